The molecule has 0 bridgehead atoms. The van der Waals surface area contributed by atoms with Crippen LogP contribution in [-0.2, 0) is 0 Å². The summed E-state index contributed by atoms with van der Waals surface area (Å²) >= 11 is 0. The van der Waals surface area contributed by atoms with Crippen LogP contribution in [-0.4, -0.2) is 24.3 Å². The van der Waals surface area contributed by atoms with Crippen molar-refractivity contribution in [1.82, 2.24) is 24.3 Å². The zero-order valence-corrected chi connectivity index (χ0v) is 16.7. The molecule has 2 heterocycles. The minimum Gasteiger partial charge on any atom is -0.297 e. The lowest BCUT2D eigenvalue weighted by molar-refractivity contribution is 0.871. The number of hydrogen-bond acceptors (Lipinski definition) is 3. The number of rotatable bonds is 3. The molecule has 0 aliphatic heterocycles. The van der Waals surface area contributed by atoms with Gasteiger partial charge in [0, 0.05) is 11.3 Å². The Bertz CT molecular complexity index is 1310. The highest BCUT2D eigenvalue weighted by molar-refractivity contribution is 5.92. The van der Waals surface area contributed by atoms with Crippen LogP contribution in [0.25, 0.3) is 33.8 Å². The van der Waals surface area contributed by atoms with Crippen molar-refractivity contribution >= 4 is 11.0 Å². The van der Waals surface area contributed by atoms with Gasteiger partial charge in [-0.3, -0.25) is 4.57 Å². The molecule has 5 aromatic rings. The van der Waals surface area contributed by atoms with E-state index in [9.17, 15) is 0 Å². The van der Waals surface area contributed by atoms with Crippen LogP contribution in [0.4, 0.5) is 0 Å². The van der Waals surface area contributed by atoms with E-state index in [1.54, 1.807) is 6.33 Å². The second-order valence-corrected chi connectivity index (χ2v) is 7.24. The molecule has 0 amide bonds. The van der Waals surface area contributed by atoms with Crippen molar-refractivity contribution in [2.45, 2.75) is 20.8 Å². The van der Waals surface area contributed by atoms with Crippen LogP contribution in [0.3, 0.4) is 0 Å². The van der Waals surface area contributed by atoms with E-state index in [0.29, 0.717) is 0 Å². The third-order valence-corrected chi connectivity index (χ3v) is 5.31. The van der Waals surface area contributed by atoms with Crippen molar-refractivity contribution in [1.29, 1.82) is 0 Å². The van der Waals surface area contributed by atoms with Gasteiger partial charge in [0.15, 0.2) is 5.82 Å². The smallest absolute Gasteiger partial charge is 0.165 e. The molecule has 3 aromatic carbocycles. The van der Waals surface area contributed by atoms with Gasteiger partial charge in [-0.1, -0.05) is 42.5 Å². The number of aryl methyl sites for hydroxylation is 3. The molecule has 0 spiro atoms. The van der Waals surface area contributed by atoms with E-state index in [1.807, 2.05) is 29.8 Å². The fourth-order valence-corrected chi connectivity index (χ4v) is 4.03. The van der Waals surface area contributed by atoms with Crippen LogP contribution in [0.2, 0.25) is 0 Å². The lowest BCUT2D eigenvalue weighted by Gasteiger charge is -2.12. The lowest BCUT2D eigenvalue weighted by atomic mass is 10.1. The van der Waals surface area contributed by atoms with E-state index in [4.69, 9.17) is 4.98 Å². The SMILES string of the molecule is Cc1cccc(C)c1-n1ncnc1-c1cccc2c1nc(C)n2-c1ccccc1. The van der Waals surface area contributed by atoms with Gasteiger partial charge in [0.2, 0.25) is 0 Å². The molecular weight excluding hydrogens is 358 g/mol. The molecule has 0 aliphatic carbocycles. The summed E-state index contributed by atoms with van der Waals surface area (Å²) in [5.41, 5.74) is 7.44. The van der Waals surface area contributed by atoms with Gasteiger partial charge in [0.05, 0.1) is 11.2 Å². The summed E-state index contributed by atoms with van der Waals surface area (Å²) in [5, 5.41) is 4.55. The molecule has 0 N–H and O–H groups in total. The highest BCUT2D eigenvalue weighted by atomic mass is 15.3. The maximum Gasteiger partial charge on any atom is 0.165 e. The van der Waals surface area contributed by atoms with E-state index in [2.05, 4.69) is 77.0 Å². The zero-order chi connectivity index (χ0) is 20.0. The first-order valence-corrected chi connectivity index (χ1v) is 9.65. The predicted molar refractivity (Wildman–Crippen MR) is 116 cm³/mol. The summed E-state index contributed by atoms with van der Waals surface area (Å²) in [4.78, 5) is 9.52. The lowest BCUT2D eigenvalue weighted by Crippen LogP contribution is -2.04. The fraction of sp³-hybridized carbons (Fsp3) is 0.125. The molecule has 0 unspecified atom stereocenters. The highest BCUT2D eigenvalue weighted by Gasteiger charge is 2.19. The largest absolute Gasteiger partial charge is 0.297 e. The minimum absolute atomic E-state index is 0.797. The first kappa shape index (κ1) is 17.4. The third kappa shape index (κ3) is 2.74. The van der Waals surface area contributed by atoms with Crippen molar-refractivity contribution in [3.63, 3.8) is 0 Å². The number of imidazole rings is 1. The molecule has 0 saturated heterocycles. The maximum atomic E-state index is 4.91. The van der Waals surface area contributed by atoms with Crippen LogP contribution in [0.15, 0.2) is 73.1 Å². The van der Waals surface area contributed by atoms with Crippen LogP contribution >= 0.6 is 0 Å². The number of benzene rings is 3. The molecule has 5 heteroatoms. The van der Waals surface area contributed by atoms with E-state index >= 15 is 0 Å². The summed E-state index contributed by atoms with van der Waals surface area (Å²) in [6, 6.07) is 22.8. The number of aromatic nitrogens is 5. The molecule has 142 valence electrons. The molecule has 2 aromatic heterocycles. The van der Waals surface area contributed by atoms with E-state index in [0.717, 1.165) is 50.7 Å². The highest BCUT2D eigenvalue weighted by Crippen LogP contribution is 2.31. The van der Waals surface area contributed by atoms with E-state index < -0.39 is 0 Å². The van der Waals surface area contributed by atoms with Gasteiger partial charge in [-0.2, -0.15) is 5.10 Å². The zero-order valence-electron chi connectivity index (χ0n) is 16.7. The van der Waals surface area contributed by atoms with E-state index in [-0.39, 0.29) is 0 Å². The van der Waals surface area contributed by atoms with Crippen molar-refractivity contribution in [2.24, 2.45) is 0 Å². The van der Waals surface area contributed by atoms with Gasteiger partial charge in [0.25, 0.3) is 0 Å². The number of para-hydroxylation sites is 3. The molecule has 0 fully saturated rings. The van der Waals surface area contributed by atoms with Crippen molar-refractivity contribution in [3.05, 3.63) is 90.0 Å². The third-order valence-electron chi connectivity index (χ3n) is 5.31. The Labute approximate surface area is 169 Å². The summed E-state index contributed by atoms with van der Waals surface area (Å²) in [7, 11) is 0. The molecule has 5 rings (SSSR count). The standard InChI is InChI=1S/C24H21N5/c1-16-9-7-10-17(2)23(16)29-24(25-15-26-29)20-13-8-14-21-22(20)27-18(3)28(21)19-11-5-4-6-12-19/h4-15H,1-3H3. The average molecular weight is 379 g/mol. The second kappa shape index (κ2) is 6.71. The predicted octanol–water partition coefficient (Wildman–Crippen LogP) is 5.20. The Kier molecular flexibility index (Phi) is 4.02. The number of fused-ring (bicyclic) bond motifs is 1. The van der Waals surface area contributed by atoms with Gasteiger partial charge < -0.3 is 0 Å². The summed E-state index contributed by atoms with van der Waals surface area (Å²) in [5.74, 6) is 1.74. The van der Waals surface area contributed by atoms with Crippen LogP contribution in [0, 0.1) is 20.8 Å². The van der Waals surface area contributed by atoms with Crippen molar-refractivity contribution in [2.75, 3.05) is 0 Å². The summed E-state index contributed by atoms with van der Waals surface area (Å²) in [6.45, 7) is 6.23. The van der Waals surface area contributed by atoms with Gasteiger partial charge in [-0.15, -0.1) is 0 Å². The Morgan fingerprint density at radius 2 is 1.48 bits per heavy atom. The number of nitrogens with zero attached hydrogens (tertiary/aromatic N) is 5. The molecule has 0 aliphatic rings. The minimum atomic E-state index is 0.797. The Morgan fingerprint density at radius 3 is 2.24 bits per heavy atom. The van der Waals surface area contributed by atoms with Crippen LogP contribution < -0.4 is 0 Å². The molecule has 0 atom stereocenters. The monoisotopic (exact) mass is 379 g/mol. The summed E-state index contributed by atoms with van der Waals surface area (Å²) < 4.78 is 4.11. The normalized spacial score (nSPS) is 11.3. The first-order chi connectivity index (χ1) is 14.1. The van der Waals surface area contributed by atoms with Gasteiger partial charge in [-0.25, -0.2) is 14.6 Å². The molecule has 5 nitrogen and oxygen atoms in total. The Hall–Kier alpha value is -3.73. The summed E-state index contributed by atoms with van der Waals surface area (Å²) in [6.07, 6.45) is 1.61. The van der Waals surface area contributed by atoms with Gasteiger partial charge >= 0.3 is 0 Å². The molecule has 0 saturated carbocycles. The first-order valence-electron chi connectivity index (χ1n) is 9.65. The quantitative estimate of drug-likeness (QED) is 0.433. The van der Waals surface area contributed by atoms with Crippen molar-refractivity contribution < 1.29 is 0 Å². The van der Waals surface area contributed by atoms with E-state index in [1.165, 1.54) is 0 Å². The number of hydrogen-bond donors (Lipinski definition) is 0. The topological polar surface area (TPSA) is 48.5 Å². The maximum absolute atomic E-state index is 4.91. The Balaban J connectivity index is 1.76. The molecule has 29 heavy (non-hydrogen) atoms. The van der Waals surface area contributed by atoms with Gasteiger partial charge in [0.1, 0.15) is 17.7 Å². The van der Waals surface area contributed by atoms with Crippen LogP contribution in [0.1, 0.15) is 17.0 Å². The van der Waals surface area contributed by atoms with Gasteiger partial charge in [-0.05, 0) is 56.2 Å². The fourth-order valence-electron chi connectivity index (χ4n) is 4.03. The second-order valence-electron chi connectivity index (χ2n) is 7.24. The molecule has 0 radical (unpaired) electrons. The van der Waals surface area contributed by atoms with Crippen molar-refractivity contribution in [3.8, 4) is 22.8 Å². The average Bonchev–Trinajstić information content (AvgIpc) is 3.32. The van der Waals surface area contributed by atoms with Crippen LogP contribution in [0.5, 0.6) is 0 Å². The molecular formula is C24H21N5. The Morgan fingerprint density at radius 1 is 0.759 bits per heavy atom.